The molecule has 0 radical (unpaired) electrons. The first kappa shape index (κ1) is 9.09. The van der Waals surface area contributed by atoms with E-state index in [2.05, 4.69) is 20.8 Å². The molecule has 0 amide bonds. The molecule has 0 aliphatic heterocycles. The molecular formula is C4H9Ni-. The number of hydrogen-bond donors (Lipinski definition) is 0. The van der Waals surface area contributed by atoms with Crippen molar-refractivity contribution in [3.05, 3.63) is 6.92 Å². The summed E-state index contributed by atoms with van der Waals surface area (Å²) in [6.07, 6.45) is 0. The van der Waals surface area contributed by atoms with E-state index >= 15 is 0 Å². The summed E-state index contributed by atoms with van der Waals surface area (Å²) in [5.74, 6) is 0.583. The van der Waals surface area contributed by atoms with Gasteiger partial charge in [-0.3, -0.25) is 0 Å². The second kappa shape index (κ2) is 4.49. The summed E-state index contributed by atoms with van der Waals surface area (Å²) in [5, 5.41) is 0. The van der Waals surface area contributed by atoms with Crippen molar-refractivity contribution in [2.75, 3.05) is 0 Å². The Hall–Kier alpha value is 0.494. The van der Waals surface area contributed by atoms with Crippen molar-refractivity contribution in [2.45, 2.75) is 13.8 Å². The zero-order chi connectivity index (χ0) is 3.58. The molecule has 1 heteroatoms. The molecule has 0 bridgehead atoms. The Morgan fingerprint density at radius 2 is 1.40 bits per heavy atom. The van der Waals surface area contributed by atoms with Crippen molar-refractivity contribution in [3.8, 4) is 0 Å². The molecule has 5 heavy (non-hydrogen) atoms. The first-order valence-corrected chi connectivity index (χ1v) is 1.56. The van der Waals surface area contributed by atoms with Gasteiger partial charge in [-0.2, -0.15) is 5.92 Å². The molecule has 0 aliphatic rings. The maximum atomic E-state index is 3.64. The predicted octanol–water partition coefficient (Wildman–Crippen LogP) is 1.47. The third-order valence-electron chi connectivity index (χ3n) is 0. The van der Waals surface area contributed by atoms with E-state index in [9.17, 15) is 0 Å². The molecule has 0 aromatic heterocycles. The Morgan fingerprint density at radius 1 is 1.40 bits per heavy atom. The van der Waals surface area contributed by atoms with Crippen molar-refractivity contribution in [3.63, 3.8) is 0 Å². The van der Waals surface area contributed by atoms with Crippen LogP contribution in [0.2, 0.25) is 0 Å². The molecule has 0 rings (SSSR count). The van der Waals surface area contributed by atoms with Gasteiger partial charge < -0.3 is 6.92 Å². The monoisotopic (exact) mass is 115 g/mol. The first-order chi connectivity index (χ1) is 1.73. The van der Waals surface area contributed by atoms with Crippen molar-refractivity contribution >= 4 is 0 Å². The van der Waals surface area contributed by atoms with Gasteiger partial charge in [0.25, 0.3) is 0 Å². The van der Waals surface area contributed by atoms with Crippen LogP contribution in [0, 0.1) is 12.8 Å². The quantitative estimate of drug-likeness (QED) is 0.332. The van der Waals surface area contributed by atoms with E-state index in [4.69, 9.17) is 0 Å². The second-order valence-corrected chi connectivity index (χ2v) is 1.39. The molecule has 0 nitrogen and oxygen atoms in total. The van der Waals surface area contributed by atoms with Crippen LogP contribution >= 0.6 is 0 Å². The normalized spacial score (nSPS) is 7.20. The third-order valence-corrected chi connectivity index (χ3v) is 0. The number of rotatable bonds is 0. The first-order valence-electron chi connectivity index (χ1n) is 1.56. The van der Waals surface area contributed by atoms with Gasteiger partial charge >= 0.3 is 0 Å². The molecule has 0 saturated carbocycles. The summed E-state index contributed by atoms with van der Waals surface area (Å²) >= 11 is 0. The Kier molecular flexibility index (Phi) is 8.17. The minimum absolute atomic E-state index is 0. The van der Waals surface area contributed by atoms with Crippen molar-refractivity contribution in [2.24, 2.45) is 5.92 Å². The fourth-order valence-corrected chi connectivity index (χ4v) is 0. The fourth-order valence-electron chi connectivity index (χ4n) is 0. The van der Waals surface area contributed by atoms with E-state index in [0.717, 1.165) is 0 Å². The van der Waals surface area contributed by atoms with Crippen LogP contribution in [0.25, 0.3) is 0 Å². The van der Waals surface area contributed by atoms with Crippen LogP contribution < -0.4 is 0 Å². The molecule has 0 N–H and O–H groups in total. The molecule has 0 aromatic carbocycles. The Morgan fingerprint density at radius 3 is 1.40 bits per heavy atom. The average Bonchev–Trinajstić information content (AvgIpc) is 0.811. The third kappa shape index (κ3) is 115. The minimum atomic E-state index is 0. The zero-order valence-corrected chi connectivity index (χ0v) is 4.59. The van der Waals surface area contributed by atoms with Crippen molar-refractivity contribution in [1.82, 2.24) is 0 Å². The summed E-state index contributed by atoms with van der Waals surface area (Å²) in [6, 6.07) is 0. The molecule has 0 fully saturated rings. The summed E-state index contributed by atoms with van der Waals surface area (Å²) in [5.41, 5.74) is 0. The van der Waals surface area contributed by atoms with E-state index in [1.807, 2.05) is 0 Å². The average molecular weight is 116 g/mol. The van der Waals surface area contributed by atoms with E-state index in [1.165, 1.54) is 0 Å². The van der Waals surface area contributed by atoms with Gasteiger partial charge in [0, 0.05) is 16.5 Å². The molecule has 0 saturated heterocycles. The zero-order valence-electron chi connectivity index (χ0n) is 3.60. The molecule has 0 aliphatic carbocycles. The molecule has 0 atom stereocenters. The van der Waals surface area contributed by atoms with E-state index < -0.39 is 0 Å². The Balaban J connectivity index is 0. The van der Waals surface area contributed by atoms with Crippen LogP contribution in [0.5, 0.6) is 0 Å². The van der Waals surface area contributed by atoms with Gasteiger partial charge in [-0.15, -0.1) is 0 Å². The maximum Gasteiger partial charge on any atom is 0 e. The van der Waals surface area contributed by atoms with E-state index in [1.54, 1.807) is 0 Å². The molecule has 0 heterocycles. The van der Waals surface area contributed by atoms with E-state index in [0.29, 0.717) is 5.92 Å². The Labute approximate surface area is 43.9 Å². The van der Waals surface area contributed by atoms with Gasteiger partial charge in [0.1, 0.15) is 0 Å². The Bertz CT molecular complexity index is 8.36. The molecule has 36 valence electrons. The van der Waals surface area contributed by atoms with Gasteiger partial charge in [0.05, 0.1) is 0 Å². The molecule has 0 spiro atoms. The van der Waals surface area contributed by atoms with Crippen LogP contribution in [-0.4, -0.2) is 0 Å². The van der Waals surface area contributed by atoms with Gasteiger partial charge in [0.2, 0.25) is 0 Å². The van der Waals surface area contributed by atoms with Crippen molar-refractivity contribution < 1.29 is 16.5 Å². The summed E-state index contributed by atoms with van der Waals surface area (Å²) in [7, 11) is 0. The summed E-state index contributed by atoms with van der Waals surface area (Å²) in [6.45, 7) is 7.75. The number of hydrogen-bond acceptors (Lipinski definition) is 0. The topological polar surface area (TPSA) is 0 Å². The van der Waals surface area contributed by atoms with Gasteiger partial charge in [-0.05, 0) is 0 Å². The molecular weight excluding hydrogens is 107 g/mol. The second-order valence-electron chi connectivity index (χ2n) is 1.39. The summed E-state index contributed by atoms with van der Waals surface area (Å²) < 4.78 is 0. The molecule has 0 unspecified atom stereocenters. The minimum Gasteiger partial charge on any atom is -0.341 e. The van der Waals surface area contributed by atoms with Crippen LogP contribution in [0.4, 0.5) is 0 Å². The standard InChI is InChI=1S/C4H9.Ni/c1-4(2)3;/h4H,1H2,2-3H3;/q-1;. The maximum absolute atomic E-state index is 3.64. The SMILES string of the molecule is [CH2-]C(C)C.[Ni]. The van der Waals surface area contributed by atoms with Gasteiger partial charge in [0.15, 0.2) is 0 Å². The summed E-state index contributed by atoms with van der Waals surface area (Å²) in [4.78, 5) is 0. The van der Waals surface area contributed by atoms with Crippen LogP contribution in [0.15, 0.2) is 0 Å². The van der Waals surface area contributed by atoms with Crippen LogP contribution in [-0.2, 0) is 16.5 Å². The van der Waals surface area contributed by atoms with Gasteiger partial charge in [-0.25, -0.2) is 0 Å². The predicted molar refractivity (Wildman–Crippen MR) is 20.2 cm³/mol. The van der Waals surface area contributed by atoms with Gasteiger partial charge in [-0.1, -0.05) is 13.8 Å². The van der Waals surface area contributed by atoms with Crippen LogP contribution in [0.3, 0.4) is 0 Å². The largest absolute Gasteiger partial charge is 0.341 e. The van der Waals surface area contributed by atoms with Crippen molar-refractivity contribution in [1.29, 1.82) is 0 Å². The fraction of sp³-hybridized carbons (Fsp3) is 0.750. The smallest absolute Gasteiger partial charge is 0 e. The molecule has 0 aromatic rings. The van der Waals surface area contributed by atoms with E-state index in [-0.39, 0.29) is 16.5 Å². The van der Waals surface area contributed by atoms with Crippen LogP contribution in [0.1, 0.15) is 13.8 Å².